The van der Waals surface area contributed by atoms with E-state index in [0.717, 1.165) is 19.1 Å². The smallest absolute Gasteiger partial charge is 0.220 e. The Bertz CT molecular complexity index is 973. The van der Waals surface area contributed by atoms with Crippen LogP contribution < -0.4 is 0 Å². The molecule has 1 aromatic carbocycles. The molecule has 1 heterocycles. The van der Waals surface area contributed by atoms with E-state index < -0.39 is 9.84 Å². The molecule has 1 aromatic heterocycles. The van der Waals surface area contributed by atoms with Crippen LogP contribution in [0.2, 0.25) is 0 Å². The van der Waals surface area contributed by atoms with Gasteiger partial charge in [0.05, 0.1) is 10.6 Å². The van der Waals surface area contributed by atoms with Crippen LogP contribution in [0.5, 0.6) is 5.88 Å². The van der Waals surface area contributed by atoms with E-state index in [2.05, 4.69) is 5.10 Å². The maximum atomic E-state index is 13.1. The maximum Gasteiger partial charge on any atom is 0.220 e. The third kappa shape index (κ3) is 3.08. The summed E-state index contributed by atoms with van der Waals surface area (Å²) in [5.41, 5.74) is 1.85. The van der Waals surface area contributed by atoms with E-state index in [1.807, 2.05) is 0 Å². The summed E-state index contributed by atoms with van der Waals surface area (Å²) in [5, 5.41) is 14.6. The van der Waals surface area contributed by atoms with Crippen LogP contribution in [-0.2, 0) is 16.9 Å². The molecule has 0 saturated heterocycles. The van der Waals surface area contributed by atoms with Crippen molar-refractivity contribution in [3.63, 3.8) is 0 Å². The molecule has 2 aromatic rings. The van der Waals surface area contributed by atoms with Crippen molar-refractivity contribution in [2.24, 2.45) is 7.05 Å². The number of ketones is 1. The number of carbonyl (C=O) groups excluding carboxylic acids is 1. The van der Waals surface area contributed by atoms with Gasteiger partial charge in [-0.25, -0.2) is 13.1 Å². The molecule has 1 saturated carbocycles. The van der Waals surface area contributed by atoms with Crippen LogP contribution in [0.15, 0.2) is 21.9 Å². The van der Waals surface area contributed by atoms with Gasteiger partial charge in [-0.2, -0.15) is 5.10 Å². The van der Waals surface area contributed by atoms with E-state index >= 15 is 0 Å². The third-order valence-electron chi connectivity index (χ3n) is 4.45. The van der Waals surface area contributed by atoms with Gasteiger partial charge in [-0.05, 0) is 43.7 Å². The summed E-state index contributed by atoms with van der Waals surface area (Å²) in [6.45, 7) is 1.73. The fraction of sp³-hybridized carbons (Fsp3) is 0.412. The second-order valence-corrected chi connectivity index (χ2v) is 9.15. The standard InChI is InChI=1S/C17H20N2O4S2/c1-9-11(7-8-12(16(9)24-3)25(4,22)23)15(20)13-14(10-5-6-10)18-19(2)17(13)21/h7-8,10,21H,5-6H2,1-4H3. The van der Waals surface area contributed by atoms with Crippen LogP contribution >= 0.6 is 11.8 Å². The number of aromatic hydroxyl groups is 1. The van der Waals surface area contributed by atoms with Crippen molar-refractivity contribution in [2.75, 3.05) is 12.5 Å². The SMILES string of the molecule is CSc1c(S(C)(=O)=O)ccc(C(=O)c2c(C3CC3)nn(C)c2O)c1C. The highest BCUT2D eigenvalue weighted by atomic mass is 32.2. The van der Waals surface area contributed by atoms with Crippen molar-refractivity contribution in [1.82, 2.24) is 9.78 Å². The minimum atomic E-state index is -3.39. The molecular weight excluding hydrogens is 360 g/mol. The van der Waals surface area contributed by atoms with Gasteiger partial charge in [0.25, 0.3) is 0 Å². The molecule has 134 valence electrons. The number of aryl methyl sites for hydroxylation is 1. The van der Waals surface area contributed by atoms with Gasteiger partial charge in [-0.15, -0.1) is 11.8 Å². The lowest BCUT2D eigenvalue weighted by atomic mass is 9.98. The van der Waals surface area contributed by atoms with E-state index in [0.29, 0.717) is 21.7 Å². The fourth-order valence-corrected chi connectivity index (χ4v) is 5.18. The second kappa shape index (κ2) is 6.17. The third-order valence-corrected chi connectivity index (χ3v) is 6.66. The lowest BCUT2D eigenvalue weighted by Crippen LogP contribution is -2.09. The van der Waals surface area contributed by atoms with Crippen molar-refractivity contribution >= 4 is 27.4 Å². The number of hydrogen-bond donors (Lipinski definition) is 1. The zero-order chi connectivity index (χ0) is 18.5. The summed E-state index contributed by atoms with van der Waals surface area (Å²) in [6.07, 6.45) is 4.85. The van der Waals surface area contributed by atoms with Crippen molar-refractivity contribution in [2.45, 2.75) is 35.5 Å². The van der Waals surface area contributed by atoms with Crippen LogP contribution in [0.3, 0.4) is 0 Å². The number of aromatic nitrogens is 2. The Morgan fingerprint density at radius 1 is 1.36 bits per heavy atom. The summed E-state index contributed by atoms with van der Waals surface area (Å²) < 4.78 is 25.3. The monoisotopic (exact) mass is 380 g/mol. The Morgan fingerprint density at radius 2 is 2.00 bits per heavy atom. The van der Waals surface area contributed by atoms with Crippen molar-refractivity contribution < 1.29 is 18.3 Å². The molecule has 1 N–H and O–H groups in total. The number of carbonyl (C=O) groups is 1. The molecule has 3 rings (SSSR count). The molecule has 0 unspecified atom stereocenters. The van der Waals surface area contributed by atoms with Gasteiger partial charge in [-0.1, -0.05) is 0 Å². The van der Waals surface area contributed by atoms with Crippen LogP contribution in [0.1, 0.15) is 45.9 Å². The minimum absolute atomic E-state index is 0.149. The molecule has 1 aliphatic rings. The van der Waals surface area contributed by atoms with E-state index in [1.165, 1.54) is 28.6 Å². The molecule has 0 spiro atoms. The number of thioether (sulfide) groups is 1. The first-order valence-electron chi connectivity index (χ1n) is 7.85. The van der Waals surface area contributed by atoms with E-state index in [4.69, 9.17) is 0 Å². The summed E-state index contributed by atoms with van der Waals surface area (Å²) in [6, 6.07) is 2.99. The number of nitrogens with zero attached hydrogens (tertiary/aromatic N) is 2. The highest BCUT2D eigenvalue weighted by Crippen LogP contribution is 2.44. The van der Waals surface area contributed by atoms with Gasteiger partial charge < -0.3 is 5.11 Å². The predicted octanol–water partition coefficient (Wildman–Crippen LogP) is 2.67. The van der Waals surface area contributed by atoms with Gasteiger partial charge in [0, 0.05) is 29.7 Å². The zero-order valence-electron chi connectivity index (χ0n) is 14.5. The first-order chi connectivity index (χ1) is 11.7. The van der Waals surface area contributed by atoms with Gasteiger partial charge in [0.15, 0.2) is 9.84 Å². The average molecular weight is 380 g/mol. The maximum absolute atomic E-state index is 13.1. The Labute approximate surface area is 151 Å². The normalized spacial score (nSPS) is 14.7. The molecule has 0 atom stereocenters. The van der Waals surface area contributed by atoms with Crippen LogP contribution in [0.4, 0.5) is 0 Å². The number of sulfone groups is 1. The predicted molar refractivity (Wildman–Crippen MR) is 96.4 cm³/mol. The van der Waals surface area contributed by atoms with Gasteiger partial charge in [0.1, 0.15) is 5.56 Å². The zero-order valence-corrected chi connectivity index (χ0v) is 16.2. The van der Waals surface area contributed by atoms with Gasteiger partial charge >= 0.3 is 0 Å². The molecule has 25 heavy (non-hydrogen) atoms. The molecular formula is C17H20N2O4S2. The summed E-state index contributed by atoms with van der Waals surface area (Å²) in [4.78, 5) is 13.9. The average Bonchev–Trinajstić information content (AvgIpc) is 3.32. The summed E-state index contributed by atoms with van der Waals surface area (Å²) in [5.74, 6) is -0.258. The topological polar surface area (TPSA) is 89.3 Å². The molecule has 8 heteroatoms. The first-order valence-corrected chi connectivity index (χ1v) is 11.0. The first kappa shape index (κ1) is 18.0. The molecule has 6 nitrogen and oxygen atoms in total. The molecule has 1 aliphatic carbocycles. The molecule has 0 amide bonds. The Kier molecular flexibility index (Phi) is 4.45. The number of hydrogen-bond acceptors (Lipinski definition) is 6. The molecule has 0 aliphatic heterocycles. The lowest BCUT2D eigenvalue weighted by Gasteiger charge is -2.13. The van der Waals surface area contributed by atoms with Crippen LogP contribution in [0.25, 0.3) is 0 Å². The Balaban J connectivity index is 2.17. The van der Waals surface area contributed by atoms with Crippen molar-refractivity contribution in [3.05, 3.63) is 34.5 Å². The van der Waals surface area contributed by atoms with Crippen molar-refractivity contribution in [1.29, 1.82) is 0 Å². The number of benzene rings is 1. The summed E-state index contributed by atoms with van der Waals surface area (Å²) in [7, 11) is -1.79. The Morgan fingerprint density at radius 3 is 2.52 bits per heavy atom. The molecule has 0 radical (unpaired) electrons. The molecule has 0 bridgehead atoms. The van der Waals surface area contributed by atoms with Crippen molar-refractivity contribution in [3.8, 4) is 5.88 Å². The minimum Gasteiger partial charge on any atom is -0.493 e. The van der Waals surface area contributed by atoms with Crippen LogP contribution in [-0.4, -0.2) is 41.6 Å². The quantitative estimate of drug-likeness (QED) is 0.634. The summed E-state index contributed by atoms with van der Waals surface area (Å²) >= 11 is 1.29. The lowest BCUT2D eigenvalue weighted by molar-refractivity contribution is 0.103. The Hall–Kier alpha value is -1.80. The van der Waals surface area contributed by atoms with E-state index in [-0.39, 0.29) is 28.0 Å². The van der Waals surface area contributed by atoms with Gasteiger partial charge in [0.2, 0.25) is 11.7 Å². The largest absolute Gasteiger partial charge is 0.493 e. The van der Waals surface area contributed by atoms with Crippen LogP contribution in [0, 0.1) is 6.92 Å². The fourth-order valence-electron chi connectivity index (χ4n) is 2.99. The highest BCUT2D eigenvalue weighted by Gasteiger charge is 2.35. The molecule has 1 fully saturated rings. The second-order valence-electron chi connectivity index (χ2n) is 6.35. The van der Waals surface area contributed by atoms with E-state index in [9.17, 15) is 18.3 Å². The van der Waals surface area contributed by atoms with Gasteiger partial charge in [-0.3, -0.25) is 4.79 Å². The van der Waals surface area contributed by atoms with E-state index in [1.54, 1.807) is 20.2 Å². The highest BCUT2D eigenvalue weighted by molar-refractivity contribution is 7.99. The number of rotatable bonds is 5.